The van der Waals surface area contributed by atoms with Crippen molar-refractivity contribution in [1.82, 2.24) is 0 Å². The predicted octanol–water partition coefficient (Wildman–Crippen LogP) is 4.23. The molecule has 5 nitrogen and oxygen atoms in total. The number of imide groups is 1. The Morgan fingerprint density at radius 3 is 2.06 bits per heavy atom. The van der Waals surface area contributed by atoms with Crippen LogP contribution in [0.1, 0.15) is 41.5 Å². The molecular formula is C28H23NO4. The third-order valence-electron chi connectivity index (χ3n) is 7.44. The molecule has 2 bridgehead atoms. The summed E-state index contributed by atoms with van der Waals surface area (Å²) in [6, 6.07) is 22.6. The van der Waals surface area contributed by atoms with E-state index in [4.69, 9.17) is 4.74 Å². The molecular weight excluding hydrogens is 414 g/mol. The summed E-state index contributed by atoms with van der Waals surface area (Å²) in [7, 11) is 0. The number of ether oxygens (including phenoxy) is 1. The molecule has 33 heavy (non-hydrogen) atoms. The lowest BCUT2D eigenvalue weighted by Gasteiger charge is -2.51. The van der Waals surface area contributed by atoms with Gasteiger partial charge in [0, 0.05) is 5.92 Å². The maximum absolute atomic E-state index is 13.9. The number of anilines is 1. The molecule has 0 N–H and O–H groups in total. The number of carbonyl (C=O) groups is 3. The fraction of sp³-hybridized carbons (Fsp3) is 0.250. The van der Waals surface area contributed by atoms with Gasteiger partial charge >= 0.3 is 0 Å². The van der Waals surface area contributed by atoms with Crippen LogP contribution in [-0.4, -0.2) is 24.7 Å². The zero-order chi connectivity index (χ0) is 22.7. The van der Waals surface area contributed by atoms with Crippen LogP contribution in [0.15, 0.2) is 72.8 Å². The normalized spacial score (nSPS) is 26.6. The number of aldehydes is 1. The van der Waals surface area contributed by atoms with Crippen LogP contribution in [0.4, 0.5) is 5.69 Å². The van der Waals surface area contributed by atoms with Crippen LogP contribution in [0.3, 0.4) is 0 Å². The Morgan fingerprint density at radius 2 is 1.48 bits per heavy atom. The SMILES string of the molecule is CCCOc1ccc(N2C(=O)C3C4c5ccccc5C(C=O)(c5ccccc54)C3C2=O)cc1. The molecule has 1 fully saturated rings. The van der Waals surface area contributed by atoms with E-state index in [1.54, 1.807) is 24.3 Å². The molecule has 0 aromatic heterocycles. The highest BCUT2D eigenvalue weighted by molar-refractivity contribution is 6.24. The lowest BCUT2D eigenvalue weighted by atomic mass is 9.48. The number of rotatable bonds is 5. The number of benzene rings is 3. The molecule has 7 rings (SSSR count). The van der Waals surface area contributed by atoms with Gasteiger partial charge in [0.25, 0.3) is 0 Å². The number of nitrogens with zero attached hydrogens (tertiary/aromatic N) is 1. The molecule has 5 heteroatoms. The van der Waals surface area contributed by atoms with E-state index in [0.29, 0.717) is 18.0 Å². The first-order valence-corrected chi connectivity index (χ1v) is 11.4. The molecule has 2 atom stereocenters. The molecule has 4 aliphatic rings. The topological polar surface area (TPSA) is 63.7 Å². The quantitative estimate of drug-likeness (QED) is 0.443. The van der Waals surface area contributed by atoms with Crippen LogP contribution >= 0.6 is 0 Å². The molecule has 0 spiro atoms. The fourth-order valence-corrected chi connectivity index (χ4v) is 6.20. The largest absolute Gasteiger partial charge is 0.494 e. The summed E-state index contributed by atoms with van der Waals surface area (Å²) >= 11 is 0. The summed E-state index contributed by atoms with van der Waals surface area (Å²) < 4.78 is 5.65. The molecule has 0 radical (unpaired) electrons. The van der Waals surface area contributed by atoms with Gasteiger partial charge in [0.1, 0.15) is 12.0 Å². The van der Waals surface area contributed by atoms with Crippen molar-refractivity contribution in [3.63, 3.8) is 0 Å². The molecule has 3 aromatic carbocycles. The van der Waals surface area contributed by atoms with E-state index in [1.807, 2.05) is 55.5 Å². The average Bonchev–Trinajstić information content (AvgIpc) is 3.14. The van der Waals surface area contributed by atoms with Crippen LogP contribution in [0, 0.1) is 11.8 Å². The van der Waals surface area contributed by atoms with E-state index in [9.17, 15) is 14.4 Å². The van der Waals surface area contributed by atoms with Gasteiger partial charge in [-0.15, -0.1) is 0 Å². The van der Waals surface area contributed by atoms with Crippen molar-refractivity contribution in [1.29, 1.82) is 0 Å². The van der Waals surface area contributed by atoms with Gasteiger partial charge in [0.15, 0.2) is 0 Å². The monoisotopic (exact) mass is 437 g/mol. The number of amides is 2. The second-order valence-electron chi connectivity index (χ2n) is 9.00. The lowest BCUT2D eigenvalue weighted by Crippen LogP contribution is -2.54. The Hall–Kier alpha value is -3.73. The second-order valence-corrected chi connectivity index (χ2v) is 9.00. The Kier molecular flexibility index (Phi) is 4.31. The number of carbonyl (C=O) groups excluding carboxylic acids is 3. The Balaban J connectivity index is 1.51. The lowest BCUT2D eigenvalue weighted by molar-refractivity contribution is -0.128. The fourth-order valence-electron chi connectivity index (χ4n) is 6.20. The van der Waals surface area contributed by atoms with E-state index >= 15 is 0 Å². The predicted molar refractivity (Wildman–Crippen MR) is 123 cm³/mol. The minimum Gasteiger partial charge on any atom is -0.494 e. The standard InChI is InChI=1S/C28H23NO4/c1-2-15-33-18-13-11-17(12-14-18)29-26(31)24-23-19-7-3-5-9-21(19)28(16-30,25(24)27(29)32)22-10-6-4-8-20(22)23/h3-14,16,23-25H,2,15H2,1H3. The zero-order valence-corrected chi connectivity index (χ0v) is 18.2. The highest BCUT2D eigenvalue weighted by atomic mass is 16.5. The maximum atomic E-state index is 13.9. The van der Waals surface area contributed by atoms with E-state index in [1.165, 1.54) is 4.90 Å². The van der Waals surface area contributed by atoms with Crippen molar-refractivity contribution in [3.05, 3.63) is 95.1 Å². The number of hydrogen-bond acceptors (Lipinski definition) is 4. The number of hydrogen-bond donors (Lipinski definition) is 0. The first kappa shape index (κ1) is 19.9. The summed E-state index contributed by atoms with van der Waals surface area (Å²) in [4.78, 5) is 42.0. The summed E-state index contributed by atoms with van der Waals surface area (Å²) in [6.07, 6.45) is 1.79. The Bertz CT molecular complexity index is 1250. The Labute approximate surface area is 192 Å². The van der Waals surface area contributed by atoms with Crippen LogP contribution < -0.4 is 9.64 Å². The van der Waals surface area contributed by atoms with Gasteiger partial charge in [-0.3, -0.25) is 9.59 Å². The minimum absolute atomic E-state index is 0.243. The van der Waals surface area contributed by atoms with Gasteiger partial charge < -0.3 is 9.53 Å². The average molecular weight is 437 g/mol. The van der Waals surface area contributed by atoms with Gasteiger partial charge in [-0.25, -0.2) is 4.90 Å². The van der Waals surface area contributed by atoms with Crippen molar-refractivity contribution < 1.29 is 19.1 Å². The van der Waals surface area contributed by atoms with Crippen molar-refractivity contribution in [2.24, 2.45) is 11.8 Å². The Morgan fingerprint density at radius 1 is 0.879 bits per heavy atom. The van der Waals surface area contributed by atoms with Crippen molar-refractivity contribution >= 4 is 23.8 Å². The van der Waals surface area contributed by atoms with Crippen molar-refractivity contribution in [3.8, 4) is 5.75 Å². The van der Waals surface area contributed by atoms with Gasteiger partial charge in [-0.05, 0) is 52.9 Å². The smallest absolute Gasteiger partial charge is 0.239 e. The van der Waals surface area contributed by atoms with Crippen molar-refractivity contribution in [2.45, 2.75) is 24.7 Å². The van der Waals surface area contributed by atoms with E-state index < -0.39 is 17.3 Å². The molecule has 1 saturated heterocycles. The van der Waals surface area contributed by atoms with Crippen LogP contribution in [0.25, 0.3) is 0 Å². The van der Waals surface area contributed by atoms with E-state index in [-0.39, 0.29) is 17.7 Å². The summed E-state index contributed by atoms with van der Waals surface area (Å²) in [5.41, 5.74) is 2.97. The molecule has 2 amide bonds. The summed E-state index contributed by atoms with van der Waals surface area (Å²) in [5, 5.41) is 0. The molecule has 3 aliphatic carbocycles. The molecule has 2 unspecified atom stereocenters. The highest BCUT2D eigenvalue weighted by Crippen LogP contribution is 2.63. The van der Waals surface area contributed by atoms with Crippen LogP contribution in [-0.2, 0) is 19.8 Å². The maximum Gasteiger partial charge on any atom is 0.239 e. The molecule has 1 heterocycles. The molecule has 164 valence electrons. The highest BCUT2D eigenvalue weighted by Gasteiger charge is 2.68. The van der Waals surface area contributed by atoms with Gasteiger partial charge in [0.2, 0.25) is 11.8 Å². The van der Waals surface area contributed by atoms with Crippen LogP contribution in [0.2, 0.25) is 0 Å². The summed E-state index contributed by atoms with van der Waals surface area (Å²) in [6.45, 7) is 2.63. The van der Waals surface area contributed by atoms with Crippen LogP contribution in [0.5, 0.6) is 5.75 Å². The minimum atomic E-state index is -1.17. The van der Waals surface area contributed by atoms with Crippen molar-refractivity contribution in [2.75, 3.05) is 11.5 Å². The van der Waals surface area contributed by atoms with E-state index in [0.717, 1.165) is 35.0 Å². The first-order valence-electron chi connectivity index (χ1n) is 11.4. The van der Waals surface area contributed by atoms with Gasteiger partial charge in [0.05, 0.1) is 29.5 Å². The molecule has 0 saturated carbocycles. The molecule has 1 aliphatic heterocycles. The first-order chi connectivity index (χ1) is 16.1. The zero-order valence-electron chi connectivity index (χ0n) is 18.2. The summed E-state index contributed by atoms with van der Waals surface area (Å²) in [5.74, 6) is -1.48. The molecule has 3 aromatic rings. The second kappa shape index (κ2) is 7.14. The third-order valence-corrected chi connectivity index (χ3v) is 7.44. The van der Waals surface area contributed by atoms with Gasteiger partial charge in [-0.2, -0.15) is 0 Å². The van der Waals surface area contributed by atoms with Gasteiger partial charge in [-0.1, -0.05) is 55.5 Å². The third kappa shape index (κ3) is 2.45. The van der Waals surface area contributed by atoms with E-state index in [2.05, 4.69) is 0 Å².